The second-order valence-electron chi connectivity index (χ2n) is 10.2. The summed E-state index contributed by atoms with van der Waals surface area (Å²) < 4.78 is 17.6. The molecule has 6 heteroatoms. The fourth-order valence-electron chi connectivity index (χ4n) is 4.35. The van der Waals surface area contributed by atoms with E-state index < -0.39 is 5.60 Å². The SMILES string of the molecule is CCOc1ccc(OCc2cc(C)ccn2)c(-c2ccc3c(c2)CCN(C(=O)OC(C)(C)C)CC3)c1. The molecule has 1 aromatic heterocycles. The second-order valence-corrected chi connectivity index (χ2v) is 10.2. The van der Waals surface area contributed by atoms with E-state index in [1.807, 2.05) is 69.9 Å². The lowest BCUT2D eigenvalue weighted by atomic mass is 9.96. The highest BCUT2D eigenvalue weighted by Gasteiger charge is 2.24. The molecule has 1 aliphatic rings. The number of pyridine rings is 1. The summed E-state index contributed by atoms with van der Waals surface area (Å²) in [6.45, 7) is 12.0. The van der Waals surface area contributed by atoms with Crippen molar-refractivity contribution in [3.8, 4) is 22.6 Å². The van der Waals surface area contributed by atoms with E-state index in [-0.39, 0.29) is 6.09 Å². The Morgan fingerprint density at radius 3 is 2.47 bits per heavy atom. The van der Waals surface area contributed by atoms with Crippen molar-refractivity contribution in [2.45, 2.75) is 59.7 Å². The van der Waals surface area contributed by atoms with Crippen LogP contribution in [-0.2, 0) is 24.2 Å². The summed E-state index contributed by atoms with van der Waals surface area (Å²) >= 11 is 0. The highest BCUT2D eigenvalue weighted by Crippen LogP contribution is 2.36. The molecule has 0 atom stereocenters. The van der Waals surface area contributed by atoms with Crippen LogP contribution >= 0.6 is 0 Å². The fraction of sp³-hybridized carbons (Fsp3) is 0.400. The highest BCUT2D eigenvalue weighted by atomic mass is 16.6. The molecule has 190 valence electrons. The van der Waals surface area contributed by atoms with Crippen molar-refractivity contribution in [3.63, 3.8) is 0 Å². The number of rotatable bonds is 6. The van der Waals surface area contributed by atoms with Crippen molar-refractivity contribution in [1.29, 1.82) is 0 Å². The highest BCUT2D eigenvalue weighted by molar-refractivity contribution is 5.73. The zero-order valence-electron chi connectivity index (χ0n) is 22.0. The number of carbonyl (C=O) groups is 1. The smallest absolute Gasteiger partial charge is 0.410 e. The molecule has 6 nitrogen and oxygen atoms in total. The first-order chi connectivity index (χ1) is 17.2. The van der Waals surface area contributed by atoms with Crippen LogP contribution in [0.4, 0.5) is 4.79 Å². The maximum absolute atomic E-state index is 12.6. The summed E-state index contributed by atoms with van der Waals surface area (Å²) in [5.74, 6) is 1.59. The number of ether oxygens (including phenoxy) is 3. The number of carbonyl (C=O) groups excluding carboxylic acids is 1. The maximum atomic E-state index is 12.6. The molecule has 0 unspecified atom stereocenters. The minimum absolute atomic E-state index is 0.250. The number of hydrogen-bond donors (Lipinski definition) is 0. The average molecular weight is 489 g/mol. The van der Waals surface area contributed by atoms with Crippen LogP contribution in [0.3, 0.4) is 0 Å². The average Bonchev–Trinajstić information content (AvgIpc) is 3.05. The summed E-state index contributed by atoms with van der Waals surface area (Å²) in [5.41, 5.74) is 6.08. The van der Waals surface area contributed by atoms with Gasteiger partial charge in [0.1, 0.15) is 23.7 Å². The topological polar surface area (TPSA) is 60.9 Å². The Hall–Kier alpha value is -3.54. The predicted molar refractivity (Wildman–Crippen MR) is 142 cm³/mol. The normalized spacial score (nSPS) is 13.5. The number of amides is 1. The number of hydrogen-bond acceptors (Lipinski definition) is 5. The van der Waals surface area contributed by atoms with Gasteiger partial charge in [-0.25, -0.2) is 4.79 Å². The third-order valence-corrected chi connectivity index (χ3v) is 6.08. The summed E-state index contributed by atoms with van der Waals surface area (Å²) in [7, 11) is 0. The van der Waals surface area contributed by atoms with Gasteiger partial charge in [-0.05, 0) is 100 Å². The number of aromatic nitrogens is 1. The third-order valence-electron chi connectivity index (χ3n) is 6.08. The number of benzene rings is 2. The van der Waals surface area contributed by atoms with E-state index in [0.29, 0.717) is 26.3 Å². The van der Waals surface area contributed by atoms with E-state index in [9.17, 15) is 4.79 Å². The van der Waals surface area contributed by atoms with E-state index >= 15 is 0 Å². The number of aryl methyl sites for hydroxylation is 1. The molecule has 0 saturated carbocycles. The lowest BCUT2D eigenvalue weighted by molar-refractivity contribution is 0.0258. The van der Waals surface area contributed by atoms with Crippen LogP contribution in [-0.4, -0.2) is 41.3 Å². The van der Waals surface area contributed by atoms with Crippen LogP contribution in [0.25, 0.3) is 11.1 Å². The quantitative estimate of drug-likeness (QED) is 0.403. The van der Waals surface area contributed by atoms with E-state index in [4.69, 9.17) is 14.2 Å². The van der Waals surface area contributed by atoms with E-state index in [2.05, 4.69) is 23.2 Å². The Morgan fingerprint density at radius 1 is 0.972 bits per heavy atom. The molecule has 4 rings (SSSR count). The van der Waals surface area contributed by atoms with Crippen molar-refractivity contribution in [2.75, 3.05) is 19.7 Å². The van der Waals surface area contributed by atoms with Crippen molar-refractivity contribution >= 4 is 6.09 Å². The zero-order chi connectivity index (χ0) is 25.7. The lowest BCUT2D eigenvalue weighted by Gasteiger charge is -2.26. The van der Waals surface area contributed by atoms with Gasteiger partial charge in [-0.1, -0.05) is 18.2 Å². The molecule has 0 radical (unpaired) electrons. The summed E-state index contributed by atoms with van der Waals surface area (Å²) in [4.78, 5) is 18.9. The molecule has 0 spiro atoms. The van der Waals surface area contributed by atoms with E-state index in [0.717, 1.165) is 46.7 Å². The van der Waals surface area contributed by atoms with Crippen LogP contribution in [0.2, 0.25) is 0 Å². The molecule has 3 aromatic rings. The largest absolute Gasteiger partial charge is 0.494 e. The molecule has 0 saturated heterocycles. The van der Waals surface area contributed by atoms with Crippen LogP contribution in [0.1, 0.15) is 50.1 Å². The molecule has 2 aromatic carbocycles. The summed E-state index contributed by atoms with van der Waals surface area (Å²) in [5, 5.41) is 0. The summed E-state index contributed by atoms with van der Waals surface area (Å²) in [6, 6.07) is 16.5. The number of nitrogens with zero attached hydrogens (tertiary/aromatic N) is 2. The van der Waals surface area contributed by atoms with Gasteiger partial charge >= 0.3 is 6.09 Å². The van der Waals surface area contributed by atoms with Gasteiger partial charge in [0.25, 0.3) is 0 Å². The van der Waals surface area contributed by atoms with Crippen molar-refractivity contribution < 1.29 is 19.0 Å². The van der Waals surface area contributed by atoms with Crippen LogP contribution in [0, 0.1) is 6.92 Å². The van der Waals surface area contributed by atoms with Gasteiger partial charge in [-0.2, -0.15) is 0 Å². The third kappa shape index (κ3) is 6.56. The molecule has 36 heavy (non-hydrogen) atoms. The van der Waals surface area contributed by atoms with E-state index in [1.165, 1.54) is 11.1 Å². The standard InChI is InChI=1S/C30H36N2O4/c1-6-34-26-9-10-28(35-20-25-17-21(2)11-14-31-25)27(19-26)24-8-7-22-12-15-32(16-13-23(22)18-24)29(33)36-30(3,4)5/h7-11,14,17-19H,6,12-13,15-16,20H2,1-5H3. The molecular formula is C30H36N2O4. The maximum Gasteiger partial charge on any atom is 0.410 e. The van der Waals surface area contributed by atoms with Gasteiger partial charge in [-0.15, -0.1) is 0 Å². The van der Waals surface area contributed by atoms with E-state index in [1.54, 1.807) is 6.20 Å². The molecular weight excluding hydrogens is 452 g/mol. The van der Waals surface area contributed by atoms with Gasteiger partial charge in [-0.3, -0.25) is 4.98 Å². The monoisotopic (exact) mass is 488 g/mol. The van der Waals surface area contributed by atoms with Gasteiger partial charge < -0.3 is 19.1 Å². The molecule has 1 aliphatic heterocycles. The van der Waals surface area contributed by atoms with Crippen LogP contribution in [0.15, 0.2) is 54.7 Å². The zero-order valence-corrected chi connectivity index (χ0v) is 22.0. The fourth-order valence-corrected chi connectivity index (χ4v) is 4.35. The van der Waals surface area contributed by atoms with Crippen LogP contribution in [0.5, 0.6) is 11.5 Å². The first-order valence-corrected chi connectivity index (χ1v) is 12.6. The van der Waals surface area contributed by atoms with Crippen molar-refractivity contribution in [2.24, 2.45) is 0 Å². The minimum atomic E-state index is -0.501. The van der Waals surface area contributed by atoms with Gasteiger partial charge in [0, 0.05) is 24.8 Å². The minimum Gasteiger partial charge on any atom is -0.494 e. The Bertz CT molecular complexity index is 1220. The van der Waals surface area contributed by atoms with Gasteiger partial charge in [0.15, 0.2) is 0 Å². The molecule has 1 amide bonds. The first-order valence-electron chi connectivity index (χ1n) is 12.6. The Labute approximate surface area is 214 Å². The van der Waals surface area contributed by atoms with Gasteiger partial charge in [0.2, 0.25) is 0 Å². The Morgan fingerprint density at radius 2 is 1.75 bits per heavy atom. The van der Waals surface area contributed by atoms with Crippen molar-refractivity contribution in [3.05, 3.63) is 77.1 Å². The first kappa shape index (κ1) is 25.5. The van der Waals surface area contributed by atoms with Crippen molar-refractivity contribution in [1.82, 2.24) is 9.88 Å². The number of fused-ring (bicyclic) bond motifs is 1. The van der Waals surface area contributed by atoms with Crippen LogP contribution < -0.4 is 9.47 Å². The molecule has 0 fully saturated rings. The summed E-state index contributed by atoms with van der Waals surface area (Å²) in [6.07, 6.45) is 3.13. The second kappa shape index (κ2) is 11.0. The van der Waals surface area contributed by atoms with Gasteiger partial charge in [0.05, 0.1) is 12.3 Å². The Balaban J connectivity index is 1.58. The molecule has 0 aliphatic carbocycles. The molecule has 0 N–H and O–H groups in total. The lowest BCUT2D eigenvalue weighted by Crippen LogP contribution is -2.38. The molecule has 0 bridgehead atoms. The predicted octanol–water partition coefficient (Wildman–Crippen LogP) is 6.37. The molecule has 2 heterocycles. The Kier molecular flexibility index (Phi) is 7.82.